The standard InChI is InChI=1S/C19H18F2N2O4/c1-19(2,18(25)23-14-5-3-11(20)9-13(14)21)17(24)22-12-4-6-15-16(10-12)27-8-7-26-15/h3-6,9-10H,7-8H2,1-2H3,(H,22,24)(H,23,25). The highest BCUT2D eigenvalue weighted by Gasteiger charge is 2.36. The zero-order valence-corrected chi connectivity index (χ0v) is 14.8. The molecule has 2 N–H and O–H groups in total. The maximum Gasteiger partial charge on any atom is 0.239 e. The van der Waals surface area contributed by atoms with E-state index in [-0.39, 0.29) is 5.69 Å². The lowest BCUT2D eigenvalue weighted by Gasteiger charge is -2.24. The van der Waals surface area contributed by atoms with E-state index in [9.17, 15) is 18.4 Å². The molecule has 1 aliphatic rings. The zero-order valence-electron chi connectivity index (χ0n) is 14.8. The van der Waals surface area contributed by atoms with E-state index in [1.807, 2.05) is 0 Å². The highest BCUT2D eigenvalue weighted by atomic mass is 19.1. The van der Waals surface area contributed by atoms with E-state index in [1.165, 1.54) is 13.8 Å². The largest absolute Gasteiger partial charge is 0.486 e. The fourth-order valence-electron chi connectivity index (χ4n) is 2.38. The number of fused-ring (bicyclic) bond motifs is 1. The molecule has 0 bridgehead atoms. The molecule has 8 heteroatoms. The van der Waals surface area contributed by atoms with Gasteiger partial charge in [0.25, 0.3) is 0 Å². The molecule has 0 aliphatic carbocycles. The van der Waals surface area contributed by atoms with Crippen LogP contribution < -0.4 is 20.1 Å². The van der Waals surface area contributed by atoms with Crippen LogP contribution in [0.2, 0.25) is 0 Å². The summed E-state index contributed by atoms with van der Waals surface area (Å²) in [5.74, 6) is -1.95. The van der Waals surface area contributed by atoms with Crippen LogP contribution in [0.4, 0.5) is 20.2 Å². The van der Waals surface area contributed by atoms with E-state index < -0.39 is 28.9 Å². The SMILES string of the molecule is CC(C)(C(=O)Nc1ccc2c(c1)OCCO2)C(=O)Nc1ccc(F)cc1F. The average molecular weight is 376 g/mol. The Labute approximate surface area is 154 Å². The molecule has 142 valence electrons. The first-order valence-corrected chi connectivity index (χ1v) is 8.25. The number of halogens is 2. The lowest BCUT2D eigenvalue weighted by molar-refractivity contribution is -0.135. The van der Waals surface area contributed by atoms with Crippen molar-refractivity contribution in [2.75, 3.05) is 23.8 Å². The van der Waals surface area contributed by atoms with Crippen molar-refractivity contribution in [3.63, 3.8) is 0 Å². The lowest BCUT2D eigenvalue weighted by Crippen LogP contribution is -2.41. The van der Waals surface area contributed by atoms with Gasteiger partial charge in [-0.2, -0.15) is 0 Å². The fourth-order valence-corrected chi connectivity index (χ4v) is 2.38. The van der Waals surface area contributed by atoms with Crippen LogP contribution in [0.5, 0.6) is 11.5 Å². The van der Waals surface area contributed by atoms with Crippen molar-refractivity contribution in [1.82, 2.24) is 0 Å². The molecule has 0 fully saturated rings. The minimum atomic E-state index is -1.52. The van der Waals surface area contributed by atoms with Crippen molar-refractivity contribution in [3.8, 4) is 11.5 Å². The summed E-state index contributed by atoms with van der Waals surface area (Å²) in [5.41, 5.74) is -1.30. The number of hydrogen-bond acceptors (Lipinski definition) is 4. The van der Waals surface area contributed by atoms with Gasteiger partial charge >= 0.3 is 0 Å². The van der Waals surface area contributed by atoms with Crippen molar-refractivity contribution < 1.29 is 27.8 Å². The van der Waals surface area contributed by atoms with E-state index in [1.54, 1.807) is 18.2 Å². The lowest BCUT2D eigenvalue weighted by atomic mass is 9.90. The summed E-state index contributed by atoms with van der Waals surface area (Å²) < 4.78 is 37.6. The van der Waals surface area contributed by atoms with E-state index in [0.29, 0.717) is 36.5 Å². The van der Waals surface area contributed by atoms with Crippen molar-refractivity contribution >= 4 is 23.2 Å². The summed E-state index contributed by atoms with van der Waals surface area (Å²) in [6, 6.07) is 7.64. The molecule has 2 aromatic carbocycles. The van der Waals surface area contributed by atoms with Crippen LogP contribution in [-0.4, -0.2) is 25.0 Å². The molecule has 0 spiro atoms. The van der Waals surface area contributed by atoms with Crippen molar-refractivity contribution in [2.45, 2.75) is 13.8 Å². The molecule has 2 amide bonds. The topological polar surface area (TPSA) is 76.7 Å². The van der Waals surface area contributed by atoms with Gasteiger partial charge in [0, 0.05) is 17.8 Å². The number of ether oxygens (including phenoxy) is 2. The van der Waals surface area contributed by atoms with Gasteiger partial charge in [-0.15, -0.1) is 0 Å². The molecular formula is C19H18F2N2O4. The van der Waals surface area contributed by atoms with Crippen LogP contribution >= 0.6 is 0 Å². The Balaban J connectivity index is 1.71. The Bertz CT molecular complexity index is 899. The van der Waals surface area contributed by atoms with E-state index in [2.05, 4.69) is 10.6 Å². The quantitative estimate of drug-likeness (QED) is 0.803. The summed E-state index contributed by atoms with van der Waals surface area (Å²) in [6.45, 7) is 3.65. The number of rotatable bonds is 4. The summed E-state index contributed by atoms with van der Waals surface area (Å²) in [4.78, 5) is 25.0. The molecule has 27 heavy (non-hydrogen) atoms. The van der Waals surface area contributed by atoms with E-state index in [4.69, 9.17) is 9.47 Å². The average Bonchev–Trinajstić information content (AvgIpc) is 2.63. The number of carbonyl (C=O) groups is 2. The minimum absolute atomic E-state index is 0.207. The molecule has 0 radical (unpaired) electrons. The van der Waals surface area contributed by atoms with Crippen LogP contribution in [0.1, 0.15) is 13.8 Å². The normalized spacial score (nSPS) is 13.0. The third kappa shape index (κ3) is 3.99. The molecule has 0 saturated carbocycles. The molecule has 6 nitrogen and oxygen atoms in total. The van der Waals surface area contributed by atoms with Crippen LogP contribution in [0.3, 0.4) is 0 Å². The molecule has 0 atom stereocenters. The second-order valence-electron chi connectivity index (χ2n) is 6.52. The zero-order chi connectivity index (χ0) is 19.6. The summed E-state index contributed by atoms with van der Waals surface area (Å²) >= 11 is 0. The van der Waals surface area contributed by atoms with E-state index >= 15 is 0 Å². The summed E-state index contributed by atoms with van der Waals surface area (Å²) in [7, 11) is 0. The molecular weight excluding hydrogens is 358 g/mol. The Morgan fingerprint density at radius 3 is 2.30 bits per heavy atom. The maximum absolute atomic E-state index is 13.7. The molecule has 0 aromatic heterocycles. The number of carbonyl (C=O) groups excluding carboxylic acids is 2. The van der Waals surface area contributed by atoms with Crippen molar-refractivity contribution in [2.24, 2.45) is 5.41 Å². The summed E-state index contributed by atoms with van der Waals surface area (Å²) in [6.07, 6.45) is 0. The van der Waals surface area contributed by atoms with Crippen molar-refractivity contribution in [3.05, 3.63) is 48.0 Å². The van der Waals surface area contributed by atoms with Crippen LogP contribution in [0, 0.1) is 17.0 Å². The number of amides is 2. The molecule has 0 unspecified atom stereocenters. The highest BCUT2D eigenvalue weighted by molar-refractivity contribution is 6.14. The second-order valence-corrected chi connectivity index (χ2v) is 6.52. The van der Waals surface area contributed by atoms with Crippen LogP contribution in [0.15, 0.2) is 36.4 Å². The Kier molecular flexibility index (Phi) is 4.98. The Morgan fingerprint density at radius 2 is 1.59 bits per heavy atom. The van der Waals surface area contributed by atoms with Crippen LogP contribution in [-0.2, 0) is 9.59 Å². The first-order valence-electron chi connectivity index (χ1n) is 8.25. The Morgan fingerprint density at radius 1 is 0.926 bits per heavy atom. The molecule has 0 saturated heterocycles. The van der Waals surface area contributed by atoms with Gasteiger partial charge in [0.05, 0.1) is 5.69 Å². The summed E-state index contributed by atoms with van der Waals surface area (Å²) in [5, 5.41) is 4.94. The Hall–Kier alpha value is -3.16. The minimum Gasteiger partial charge on any atom is -0.486 e. The van der Waals surface area contributed by atoms with Gasteiger partial charge in [-0.1, -0.05) is 0 Å². The molecule has 2 aromatic rings. The number of benzene rings is 2. The number of hydrogen-bond donors (Lipinski definition) is 2. The van der Waals surface area contributed by atoms with Gasteiger partial charge in [0.1, 0.15) is 30.3 Å². The predicted molar refractivity (Wildman–Crippen MR) is 94.8 cm³/mol. The molecule has 1 heterocycles. The van der Waals surface area contributed by atoms with Gasteiger partial charge in [-0.25, -0.2) is 8.78 Å². The van der Waals surface area contributed by atoms with Gasteiger partial charge in [0.15, 0.2) is 11.5 Å². The highest BCUT2D eigenvalue weighted by Crippen LogP contribution is 2.33. The smallest absolute Gasteiger partial charge is 0.239 e. The molecule has 3 rings (SSSR count). The van der Waals surface area contributed by atoms with Gasteiger partial charge in [0.2, 0.25) is 11.8 Å². The number of anilines is 2. The van der Waals surface area contributed by atoms with Crippen LogP contribution in [0.25, 0.3) is 0 Å². The second kappa shape index (κ2) is 7.22. The number of nitrogens with one attached hydrogen (secondary N) is 2. The first kappa shape index (κ1) is 18.6. The van der Waals surface area contributed by atoms with Gasteiger partial charge in [-0.3, -0.25) is 9.59 Å². The van der Waals surface area contributed by atoms with Crippen molar-refractivity contribution in [1.29, 1.82) is 0 Å². The third-order valence-corrected chi connectivity index (χ3v) is 4.11. The van der Waals surface area contributed by atoms with Gasteiger partial charge in [-0.05, 0) is 38.1 Å². The monoisotopic (exact) mass is 376 g/mol. The fraction of sp³-hybridized carbons (Fsp3) is 0.263. The van der Waals surface area contributed by atoms with Gasteiger partial charge < -0.3 is 20.1 Å². The molecule has 1 aliphatic heterocycles. The first-order chi connectivity index (χ1) is 12.8. The maximum atomic E-state index is 13.7. The third-order valence-electron chi connectivity index (χ3n) is 4.11. The predicted octanol–water partition coefficient (Wildman–Crippen LogP) is 3.34. The van der Waals surface area contributed by atoms with E-state index in [0.717, 1.165) is 12.1 Å².